The van der Waals surface area contributed by atoms with E-state index in [2.05, 4.69) is 292 Å². The summed E-state index contributed by atoms with van der Waals surface area (Å²) in [5, 5.41) is -0.140. The number of hydrogen-bond donors (Lipinski definition) is 0. The third-order valence-electron chi connectivity index (χ3n) is 25.8. The second-order valence-electron chi connectivity index (χ2n) is 41.1. The average molecular weight is 1700 g/mol. The average Bonchev–Trinajstić information content (AvgIpc) is 0.967. The number of para-hydroxylation sites is 2. The van der Waals surface area contributed by atoms with Gasteiger partial charge in [0.15, 0.2) is 34.9 Å². The summed E-state index contributed by atoms with van der Waals surface area (Å²) in [6.45, 7) is 39.9. The second kappa shape index (κ2) is 31.9. The summed E-state index contributed by atoms with van der Waals surface area (Å²) in [6, 6.07) is 98.6. The fraction of sp³-hybridized carbons (Fsp3) is 0.200. The van der Waals surface area contributed by atoms with Crippen molar-refractivity contribution in [3.8, 4) is 119 Å². The van der Waals surface area contributed by atoms with Gasteiger partial charge in [-0.25, -0.2) is 29.9 Å². The molecule has 3 aromatic heterocycles. The summed E-state index contributed by atoms with van der Waals surface area (Å²) in [4.78, 5) is 38.8. The van der Waals surface area contributed by atoms with Crippen LogP contribution in [0.2, 0.25) is 0 Å². The first-order valence-corrected chi connectivity index (χ1v) is 45.2. The summed E-state index contributed by atoms with van der Waals surface area (Å²) in [5.74, 6) is 2.52. The van der Waals surface area contributed by atoms with Gasteiger partial charge in [-0.1, -0.05) is 404 Å². The first-order valence-electron chi connectivity index (χ1n) is 49.2. The molecular formula is C120H110BN9. The van der Waals surface area contributed by atoms with Gasteiger partial charge in [-0.05, 0) is 176 Å². The van der Waals surface area contributed by atoms with Crippen molar-refractivity contribution in [3.63, 3.8) is 0 Å². The molecule has 10 heteroatoms. The number of anilines is 6. The van der Waals surface area contributed by atoms with Crippen LogP contribution in [0, 0.1) is 0 Å². The topological polar surface area (TPSA) is 88.8 Å². The molecule has 9 nitrogen and oxygen atoms in total. The summed E-state index contributed by atoms with van der Waals surface area (Å²) in [6.07, 6.45) is 0. The van der Waals surface area contributed by atoms with Crippen molar-refractivity contribution in [2.24, 2.45) is 0 Å². The molecule has 0 saturated heterocycles. The Morgan fingerprint density at radius 1 is 0.238 bits per heavy atom. The minimum absolute atomic E-state index is 0.0527. The molecule has 0 radical (unpaired) electrons. The van der Waals surface area contributed by atoms with Gasteiger partial charge in [-0.2, -0.15) is 0 Å². The molecule has 0 spiro atoms. The molecule has 0 amide bonds. The third-order valence-corrected chi connectivity index (χ3v) is 25.8. The van der Waals surface area contributed by atoms with Crippen LogP contribution in [0.5, 0.6) is 0 Å². The van der Waals surface area contributed by atoms with Crippen LogP contribution < -0.4 is 26.2 Å². The van der Waals surface area contributed by atoms with E-state index in [1.54, 1.807) is 4.57 Å². The molecule has 0 saturated carbocycles. The van der Waals surface area contributed by atoms with E-state index in [0.29, 0.717) is 74.5 Å². The molecule has 0 fully saturated rings. The van der Waals surface area contributed by atoms with Crippen molar-refractivity contribution >= 4 is 79.0 Å². The molecule has 638 valence electrons. The number of hydrogen-bond acceptors (Lipinski definition) is 8. The Morgan fingerprint density at radius 2 is 0.508 bits per heavy atom. The lowest BCUT2D eigenvalue weighted by molar-refractivity contribution is 0.568. The zero-order chi connectivity index (χ0) is 97.2. The number of fused-ring (bicyclic) bond motifs is 7. The number of nitrogens with zero attached hydrogens (tertiary/aromatic N) is 9. The molecule has 2 aliphatic rings. The third kappa shape index (κ3) is 15.5. The summed E-state index contributed by atoms with van der Waals surface area (Å²) in [5.41, 5.74) is 23.0. The normalized spacial score (nSPS) is 13.8. The zero-order valence-electron chi connectivity index (χ0n) is 85.3. The summed E-state index contributed by atoms with van der Waals surface area (Å²) < 4.78 is 82.1. The van der Waals surface area contributed by atoms with Gasteiger partial charge in [-0.3, -0.25) is 0 Å². The van der Waals surface area contributed by atoms with Crippen molar-refractivity contribution < 1.29 is 11.0 Å². The van der Waals surface area contributed by atoms with E-state index < -0.39 is 65.9 Å². The first kappa shape index (κ1) is 74.8. The summed E-state index contributed by atoms with van der Waals surface area (Å²) in [7, 11) is 0. The van der Waals surface area contributed by atoms with Gasteiger partial charge in [0.2, 0.25) is 0 Å². The van der Waals surface area contributed by atoms with Gasteiger partial charge < -0.3 is 14.4 Å². The minimum atomic E-state index is -0.692. The molecule has 2 aliphatic heterocycles. The Labute approximate surface area is 778 Å². The van der Waals surface area contributed by atoms with E-state index in [0.717, 1.165) is 106 Å². The van der Waals surface area contributed by atoms with E-state index in [1.807, 2.05) is 133 Å². The van der Waals surface area contributed by atoms with Crippen LogP contribution in [0.1, 0.15) is 169 Å². The minimum Gasteiger partial charge on any atom is -0.310 e. The highest BCUT2D eigenvalue weighted by molar-refractivity contribution is 7.00. The maximum Gasteiger partial charge on any atom is 0.252 e. The van der Waals surface area contributed by atoms with E-state index in [9.17, 15) is 11.0 Å². The predicted octanol–water partition coefficient (Wildman–Crippen LogP) is 29.7. The first-order chi connectivity index (χ1) is 65.5. The van der Waals surface area contributed by atoms with Crippen LogP contribution in [-0.4, -0.2) is 41.2 Å². The summed E-state index contributed by atoms with van der Waals surface area (Å²) >= 11 is 0. The molecule has 0 unspecified atom stereocenters. The second-order valence-corrected chi connectivity index (χ2v) is 41.1. The molecule has 0 N–H and O–H groups in total. The van der Waals surface area contributed by atoms with Gasteiger partial charge >= 0.3 is 0 Å². The SMILES string of the molecule is [2H]c1c([2H])c([2H])c2c(c1[2H])c1c([2H])c([2H])c([2H])c([2H])c1n2-c1cc2c3c(c1)N(c1c(-c4ccccc4)cc(C(C)(C)C)cc1-c1nc(-c4ccccc4)nc(-c4ccccc4)n1)c1cc(-c4cc(C(C)(C)C)cc(C(C)(C)C)c4)ccc1B3c1ccc(-c3cc(C(C)(C)C)cc(C(C)(C)C)c3)cc1N2c1c(-c2ccccc2)cc(C(C)(C)C)cc1-c1nc(-c2ccccc2)nc(-c2ccccc2)n1. The maximum atomic E-state index is 10.6. The number of aromatic nitrogens is 7. The maximum absolute atomic E-state index is 10.6. The van der Waals surface area contributed by atoms with Gasteiger partial charge in [0, 0.05) is 78.0 Å². The van der Waals surface area contributed by atoms with Gasteiger partial charge in [0.1, 0.15) is 0 Å². The molecule has 0 bridgehead atoms. The van der Waals surface area contributed by atoms with Crippen LogP contribution in [0.3, 0.4) is 0 Å². The van der Waals surface area contributed by atoms with Crippen LogP contribution in [0.15, 0.2) is 340 Å². The van der Waals surface area contributed by atoms with Gasteiger partial charge in [0.05, 0.1) is 39.1 Å². The molecule has 15 aromatic carbocycles. The smallest absolute Gasteiger partial charge is 0.252 e. The Balaban J connectivity index is 1.06. The fourth-order valence-electron chi connectivity index (χ4n) is 18.4. The molecule has 0 atom stereocenters. The van der Waals surface area contributed by atoms with Crippen LogP contribution >= 0.6 is 0 Å². The molecule has 5 heterocycles. The largest absolute Gasteiger partial charge is 0.310 e. The molecule has 0 aliphatic carbocycles. The van der Waals surface area contributed by atoms with Crippen LogP contribution in [0.4, 0.5) is 34.1 Å². The molecule has 20 rings (SSSR count). The highest BCUT2D eigenvalue weighted by atomic mass is 15.2. The quantitative estimate of drug-likeness (QED) is 0.106. The van der Waals surface area contributed by atoms with Crippen molar-refractivity contribution in [2.45, 2.75) is 157 Å². The molecule has 130 heavy (non-hydrogen) atoms. The Bertz CT molecular complexity index is 7330. The van der Waals surface area contributed by atoms with Crippen molar-refractivity contribution in [2.75, 3.05) is 9.80 Å². The standard InChI is InChI=1S/C120H110BN9/c1-115(2,3)85-61-83(62-86(67-85)116(4,5)6)81-57-59-98-102(65-81)129(107-94(75-41-25-19-26-42-75)69-89(119(13,14)15)71-96(107)113-124-109(77-45-29-21-30-46-77)122-110(125-113)78-47-31-22-32-48-78)104-73-91(128-100-55-39-37-53-92(100)93-54-38-40-56-101(93)128)74-105-106(104)121(98)99-60-58-82(84-63-87(117(7,8)9)68-88(64-84)118(10,11)12)66-103(99)130(105)108-95(76-43-27-20-28-44-76)70-90(120(16,17)18)72-97(108)114-126-111(79-49-33-23-34-50-79)123-112(127-114)80-51-35-24-36-52-80/h19-74H,1-18H3/i37D,38D,39D,40D,53D,54D,55D,56D. The predicted molar refractivity (Wildman–Crippen MR) is 548 cm³/mol. The van der Waals surface area contributed by atoms with E-state index >= 15 is 0 Å². The lowest BCUT2D eigenvalue weighted by atomic mass is 9.33. The highest BCUT2D eigenvalue weighted by Crippen LogP contribution is 2.57. The highest BCUT2D eigenvalue weighted by Gasteiger charge is 2.47. The Hall–Kier alpha value is -14.2. The van der Waals surface area contributed by atoms with Crippen LogP contribution in [0.25, 0.3) is 140 Å². The van der Waals surface area contributed by atoms with Crippen LogP contribution in [-0.2, 0) is 32.5 Å². The number of benzene rings is 15. The van der Waals surface area contributed by atoms with E-state index in [-0.39, 0.29) is 43.5 Å². The monoisotopic (exact) mass is 1700 g/mol. The van der Waals surface area contributed by atoms with Gasteiger partial charge in [-0.15, -0.1) is 0 Å². The Morgan fingerprint density at radius 3 is 0.808 bits per heavy atom. The zero-order valence-corrected chi connectivity index (χ0v) is 77.3. The molecular weight excluding hydrogens is 1580 g/mol. The molecule has 18 aromatic rings. The van der Waals surface area contributed by atoms with E-state index in [1.165, 1.54) is 22.3 Å². The Kier molecular flexibility index (Phi) is 18.4. The number of rotatable bonds is 13. The van der Waals surface area contributed by atoms with Crippen molar-refractivity contribution in [1.82, 2.24) is 34.5 Å². The van der Waals surface area contributed by atoms with E-state index in [4.69, 9.17) is 29.9 Å². The van der Waals surface area contributed by atoms with Gasteiger partial charge in [0.25, 0.3) is 6.71 Å². The lowest BCUT2D eigenvalue weighted by Crippen LogP contribution is -2.61. The van der Waals surface area contributed by atoms with Crippen molar-refractivity contribution in [1.29, 1.82) is 0 Å². The fourth-order valence-corrected chi connectivity index (χ4v) is 18.4. The van der Waals surface area contributed by atoms with Crippen molar-refractivity contribution in [3.05, 3.63) is 373 Å². The lowest BCUT2D eigenvalue weighted by Gasteiger charge is -2.46.